The molecular weight excluding hydrogens is 401 g/mol. The molecule has 0 unspecified atom stereocenters. The molecule has 2 rings (SSSR count). The molecule has 0 radical (unpaired) electrons. The van der Waals surface area contributed by atoms with Gasteiger partial charge in [-0.15, -0.1) is 11.3 Å². The maximum Gasteiger partial charge on any atom is 0.348 e. The van der Waals surface area contributed by atoms with Crippen LogP contribution in [0.2, 0.25) is 5.02 Å². The van der Waals surface area contributed by atoms with Gasteiger partial charge in [0.1, 0.15) is 21.4 Å². The van der Waals surface area contributed by atoms with Crippen LogP contribution in [-0.4, -0.2) is 38.7 Å². The lowest BCUT2D eigenvalue weighted by Crippen LogP contribution is -2.21. The van der Waals surface area contributed by atoms with Gasteiger partial charge in [-0.2, -0.15) is 0 Å². The Kier molecular flexibility index (Phi) is 6.75. The van der Waals surface area contributed by atoms with Gasteiger partial charge in [-0.3, -0.25) is 4.79 Å². The molecular formula is C17H15ClFNO6S. The Morgan fingerprint density at radius 1 is 1.19 bits per heavy atom. The van der Waals surface area contributed by atoms with E-state index in [0.29, 0.717) is 5.56 Å². The van der Waals surface area contributed by atoms with E-state index in [2.05, 4.69) is 10.1 Å². The zero-order valence-electron chi connectivity index (χ0n) is 14.6. The predicted molar refractivity (Wildman–Crippen MR) is 97.3 cm³/mol. The number of anilines is 1. The third-order valence-electron chi connectivity index (χ3n) is 3.42. The maximum absolute atomic E-state index is 13.1. The summed E-state index contributed by atoms with van der Waals surface area (Å²) in [5.74, 6) is -2.36. The van der Waals surface area contributed by atoms with E-state index in [9.17, 15) is 18.8 Å². The van der Waals surface area contributed by atoms with Crippen molar-refractivity contribution in [2.24, 2.45) is 0 Å². The minimum Gasteiger partial charge on any atom is -0.484 e. The molecule has 0 bridgehead atoms. The van der Waals surface area contributed by atoms with Crippen LogP contribution < -0.4 is 10.1 Å². The van der Waals surface area contributed by atoms with Gasteiger partial charge in [-0.05, 0) is 24.6 Å². The largest absolute Gasteiger partial charge is 0.484 e. The lowest BCUT2D eigenvalue weighted by atomic mass is 10.1. The molecule has 0 atom stereocenters. The molecule has 0 saturated carbocycles. The Hall–Kier alpha value is -2.65. The molecule has 1 heterocycles. The number of nitrogens with one attached hydrogen (secondary N) is 1. The molecule has 1 aromatic carbocycles. The van der Waals surface area contributed by atoms with Crippen molar-refractivity contribution in [2.75, 3.05) is 26.1 Å². The second-order valence-electron chi connectivity index (χ2n) is 5.16. The molecule has 27 heavy (non-hydrogen) atoms. The highest BCUT2D eigenvalue weighted by Crippen LogP contribution is 2.34. The molecule has 0 spiro atoms. The lowest BCUT2D eigenvalue weighted by Gasteiger charge is -2.08. The number of hydrogen-bond acceptors (Lipinski definition) is 7. The number of hydrogen-bond donors (Lipinski definition) is 1. The van der Waals surface area contributed by atoms with E-state index in [1.165, 1.54) is 26.4 Å². The highest BCUT2D eigenvalue weighted by molar-refractivity contribution is 7.18. The highest BCUT2D eigenvalue weighted by Gasteiger charge is 2.26. The van der Waals surface area contributed by atoms with Crippen molar-refractivity contribution >= 4 is 45.8 Å². The van der Waals surface area contributed by atoms with E-state index < -0.39 is 30.3 Å². The molecule has 0 aliphatic carbocycles. The fourth-order valence-corrected chi connectivity index (χ4v) is 3.41. The number of benzene rings is 1. The van der Waals surface area contributed by atoms with Crippen LogP contribution in [-0.2, 0) is 14.3 Å². The third-order valence-corrected chi connectivity index (χ3v) is 4.90. The first kappa shape index (κ1) is 20.7. The van der Waals surface area contributed by atoms with Gasteiger partial charge >= 0.3 is 11.9 Å². The maximum atomic E-state index is 13.1. The third kappa shape index (κ3) is 4.75. The molecule has 1 aromatic heterocycles. The van der Waals surface area contributed by atoms with Gasteiger partial charge in [-0.25, -0.2) is 14.0 Å². The summed E-state index contributed by atoms with van der Waals surface area (Å²) in [4.78, 5) is 36.2. The number of amides is 1. The van der Waals surface area contributed by atoms with Crippen LogP contribution in [0.5, 0.6) is 5.75 Å². The standard InChI is InChI=1S/C17H15ClFNO6S/c1-8-13(16(22)24-2)15(27-14(8)17(23)25-3)20-12(21)7-26-9-4-5-11(19)10(18)6-9/h4-6H,7H2,1-3H3,(H,20,21). The Bertz CT molecular complexity index is 898. The molecule has 0 saturated heterocycles. The van der Waals surface area contributed by atoms with Gasteiger partial charge in [0.25, 0.3) is 5.91 Å². The summed E-state index contributed by atoms with van der Waals surface area (Å²) < 4.78 is 27.7. The van der Waals surface area contributed by atoms with E-state index in [1.54, 1.807) is 6.92 Å². The summed E-state index contributed by atoms with van der Waals surface area (Å²) in [5, 5.41) is 2.49. The van der Waals surface area contributed by atoms with Crippen LogP contribution in [0, 0.1) is 12.7 Å². The summed E-state index contributed by atoms with van der Waals surface area (Å²) in [6.45, 7) is 1.12. The molecule has 0 aliphatic rings. The number of halogens is 2. The smallest absolute Gasteiger partial charge is 0.348 e. The van der Waals surface area contributed by atoms with Crippen LogP contribution in [0.15, 0.2) is 18.2 Å². The van der Waals surface area contributed by atoms with Crippen molar-refractivity contribution in [1.82, 2.24) is 0 Å². The van der Waals surface area contributed by atoms with Gasteiger partial charge in [0.15, 0.2) is 6.61 Å². The average molecular weight is 416 g/mol. The van der Waals surface area contributed by atoms with E-state index in [4.69, 9.17) is 21.1 Å². The first-order valence-corrected chi connectivity index (χ1v) is 8.65. The Morgan fingerprint density at radius 2 is 1.85 bits per heavy atom. The number of methoxy groups -OCH3 is 2. The Morgan fingerprint density at radius 3 is 2.44 bits per heavy atom. The summed E-state index contributed by atoms with van der Waals surface area (Å²) >= 11 is 6.53. The molecule has 7 nitrogen and oxygen atoms in total. The van der Waals surface area contributed by atoms with Crippen LogP contribution in [0.3, 0.4) is 0 Å². The lowest BCUT2D eigenvalue weighted by molar-refractivity contribution is -0.118. The van der Waals surface area contributed by atoms with Crippen LogP contribution in [0.1, 0.15) is 25.6 Å². The Balaban J connectivity index is 2.17. The van der Waals surface area contributed by atoms with Gasteiger partial charge in [-0.1, -0.05) is 11.6 Å². The fourth-order valence-electron chi connectivity index (χ4n) is 2.12. The summed E-state index contributed by atoms with van der Waals surface area (Å²) in [5.41, 5.74) is 0.390. The first-order valence-electron chi connectivity index (χ1n) is 7.46. The number of rotatable bonds is 6. The number of thiophene rings is 1. The van der Waals surface area contributed by atoms with Gasteiger partial charge in [0.2, 0.25) is 0 Å². The summed E-state index contributed by atoms with van der Waals surface area (Å²) in [6.07, 6.45) is 0. The number of ether oxygens (including phenoxy) is 3. The molecule has 1 amide bonds. The van der Waals surface area contributed by atoms with Crippen molar-refractivity contribution in [3.05, 3.63) is 45.0 Å². The molecule has 1 N–H and O–H groups in total. The minimum absolute atomic E-state index is 0.0566. The topological polar surface area (TPSA) is 90.9 Å². The zero-order chi connectivity index (χ0) is 20.1. The normalized spacial score (nSPS) is 10.3. The van der Waals surface area contributed by atoms with Gasteiger partial charge < -0.3 is 19.5 Å². The van der Waals surface area contributed by atoms with Gasteiger partial charge in [0.05, 0.1) is 24.8 Å². The van der Waals surface area contributed by atoms with Crippen molar-refractivity contribution in [1.29, 1.82) is 0 Å². The molecule has 10 heteroatoms. The predicted octanol–water partition coefficient (Wildman–Crippen LogP) is 3.44. The van der Waals surface area contributed by atoms with Crippen molar-refractivity contribution in [3.8, 4) is 5.75 Å². The van der Waals surface area contributed by atoms with E-state index in [-0.39, 0.29) is 26.2 Å². The fraction of sp³-hybridized carbons (Fsp3) is 0.235. The molecule has 144 valence electrons. The first-order chi connectivity index (χ1) is 12.8. The van der Waals surface area contributed by atoms with E-state index in [1.807, 2.05) is 0 Å². The second kappa shape index (κ2) is 8.83. The Labute approximate surface area is 163 Å². The number of carbonyl (C=O) groups is 3. The van der Waals surface area contributed by atoms with Crippen LogP contribution in [0.25, 0.3) is 0 Å². The van der Waals surface area contributed by atoms with Crippen LogP contribution in [0.4, 0.5) is 9.39 Å². The highest BCUT2D eigenvalue weighted by atomic mass is 35.5. The van der Waals surface area contributed by atoms with Crippen molar-refractivity contribution < 1.29 is 33.0 Å². The SMILES string of the molecule is COC(=O)c1sc(NC(=O)COc2ccc(F)c(Cl)c2)c(C(=O)OC)c1C. The monoisotopic (exact) mass is 415 g/mol. The summed E-state index contributed by atoms with van der Waals surface area (Å²) in [7, 11) is 2.39. The minimum atomic E-state index is -0.708. The second-order valence-corrected chi connectivity index (χ2v) is 6.58. The van der Waals surface area contributed by atoms with E-state index in [0.717, 1.165) is 17.4 Å². The number of esters is 2. The van der Waals surface area contributed by atoms with Crippen LogP contribution >= 0.6 is 22.9 Å². The molecule has 0 aliphatic heterocycles. The van der Waals surface area contributed by atoms with Crippen molar-refractivity contribution in [3.63, 3.8) is 0 Å². The van der Waals surface area contributed by atoms with Crippen molar-refractivity contribution in [2.45, 2.75) is 6.92 Å². The molecule has 0 fully saturated rings. The number of carbonyl (C=O) groups excluding carboxylic acids is 3. The average Bonchev–Trinajstić information content (AvgIpc) is 2.97. The summed E-state index contributed by atoms with van der Waals surface area (Å²) in [6, 6.07) is 3.66. The zero-order valence-corrected chi connectivity index (χ0v) is 16.1. The quantitative estimate of drug-likeness (QED) is 0.727. The van der Waals surface area contributed by atoms with E-state index >= 15 is 0 Å². The van der Waals surface area contributed by atoms with Gasteiger partial charge in [0, 0.05) is 6.07 Å². The molecule has 2 aromatic rings.